The molecule has 2 rings (SSSR count). The van der Waals surface area contributed by atoms with Gasteiger partial charge in [0.1, 0.15) is 5.40 Å². The van der Waals surface area contributed by atoms with Crippen molar-refractivity contribution in [2.75, 3.05) is 0 Å². The highest BCUT2D eigenvalue weighted by Crippen LogP contribution is 2.08. The Morgan fingerprint density at radius 2 is 1.62 bits per heavy atom. The second-order valence-electron chi connectivity index (χ2n) is 2.89. The Morgan fingerprint density at radius 1 is 1.00 bits per heavy atom. The lowest BCUT2D eigenvalue weighted by Gasteiger charge is -1.92. The molecule has 1 heterocycles. The zero-order valence-corrected chi connectivity index (χ0v) is 9.60. The maximum absolute atomic E-state index is 8.24. The molecular weight excluding hydrogens is 216 g/mol. The molecule has 0 fully saturated rings. The number of rotatable bonds is 2. The molecule has 2 nitrogen and oxygen atoms in total. The lowest BCUT2D eigenvalue weighted by atomic mass is 10.2. The van der Waals surface area contributed by atoms with E-state index in [2.05, 4.69) is 4.98 Å². The molecule has 0 bridgehead atoms. The van der Waals surface area contributed by atoms with Crippen molar-refractivity contribution in [1.29, 1.82) is 5.26 Å². The zero-order chi connectivity index (χ0) is 11.5. The van der Waals surface area contributed by atoms with Crippen molar-refractivity contribution in [3.63, 3.8) is 0 Å². The van der Waals surface area contributed by atoms with E-state index in [-0.39, 0.29) is 0 Å². The van der Waals surface area contributed by atoms with Gasteiger partial charge in [-0.25, -0.2) is 0 Å². The summed E-state index contributed by atoms with van der Waals surface area (Å²) in [4.78, 5) is 3.78. The van der Waals surface area contributed by atoms with Crippen LogP contribution in [0.15, 0.2) is 60.9 Å². The fraction of sp³-hybridized carbons (Fsp3) is 0.0769. The van der Waals surface area contributed by atoms with Gasteiger partial charge < -0.3 is 0 Å². The summed E-state index contributed by atoms with van der Waals surface area (Å²) in [6.45, 7) is 0. The van der Waals surface area contributed by atoms with Crippen LogP contribution in [0.5, 0.6) is 0 Å². The molecule has 0 aliphatic carbocycles. The predicted octanol–water partition coefficient (Wildman–Crippen LogP) is 3.48. The molecule has 1 aromatic heterocycles. The van der Waals surface area contributed by atoms with Crippen LogP contribution < -0.4 is 0 Å². The molecule has 0 aliphatic rings. The van der Waals surface area contributed by atoms with Gasteiger partial charge in [-0.15, -0.1) is 0 Å². The maximum Gasteiger partial charge on any atom is 0.133 e. The zero-order valence-electron chi connectivity index (χ0n) is 8.78. The second kappa shape index (κ2) is 8.51. The highest BCUT2D eigenvalue weighted by atomic mass is 32.2. The molecule has 0 aliphatic heterocycles. The summed E-state index contributed by atoms with van der Waals surface area (Å²) in [5.41, 5.74) is 1.20. The smallest absolute Gasteiger partial charge is 0.133 e. The van der Waals surface area contributed by atoms with E-state index in [4.69, 9.17) is 5.26 Å². The minimum atomic E-state index is 0.789. The lowest BCUT2D eigenvalue weighted by Crippen LogP contribution is -1.74. The van der Waals surface area contributed by atoms with Crippen molar-refractivity contribution in [3.8, 4) is 5.40 Å². The van der Waals surface area contributed by atoms with Gasteiger partial charge in [-0.1, -0.05) is 36.4 Å². The number of hydrogen-bond acceptors (Lipinski definition) is 3. The minimum Gasteiger partial charge on any atom is -0.265 e. The third kappa shape index (κ3) is 5.84. The number of nitrogens with zero attached hydrogens (tertiary/aromatic N) is 2. The third-order valence-electron chi connectivity index (χ3n) is 1.71. The average Bonchev–Trinajstić information content (AvgIpc) is 2.40. The Labute approximate surface area is 100.0 Å². The summed E-state index contributed by atoms with van der Waals surface area (Å²) < 4.78 is 0. The summed E-state index contributed by atoms with van der Waals surface area (Å²) >= 11 is 1.27. The number of benzene rings is 1. The van der Waals surface area contributed by atoms with Crippen molar-refractivity contribution >= 4 is 11.8 Å². The molecular formula is C13H12N2S. The molecule has 0 unspecified atom stereocenters. The van der Waals surface area contributed by atoms with E-state index in [1.165, 1.54) is 17.3 Å². The molecule has 0 spiro atoms. The van der Waals surface area contributed by atoms with Crippen LogP contribution in [0.4, 0.5) is 0 Å². The summed E-state index contributed by atoms with van der Waals surface area (Å²) in [6, 6.07) is 15.7. The van der Waals surface area contributed by atoms with Gasteiger partial charge >= 0.3 is 0 Å². The van der Waals surface area contributed by atoms with Crippen LogP contribution in [0.2, 0.25) is 0 Å². The Kier molecular flexibility index (Phi) is 6.53. The van der Waals surface area contributed by atoms with E-state index >= 15 is 0 Å². The molecule has 16 heavy (non-hydrogen) atoms. The van der Waals surface area contributed by atoms with Crippen molar-refractivity contribution < 1.29 is 0 Å². The van der Waals surface area contributed by atoms with Gasteiger partial charge in [0.15, 0.2) is 0 Å². The Hall–Kier alpha value is -1.79. The standard InChI is InChI=1S/C8H7NS.C5H5N/c9-7-10-6-8-4-2-1-3-5-8;1-2-4-6-5-3-1/h1-5H,6H2;1-5H. The van der Waals surface area contributed by atoms with Gasteiger partial charge in [-0.3, -0.25) is 4.98 Å². The number of hydrogen-bond donors (Lipinski definition) is 0. The van der Waals surface area contributed by atoms with Crippen LogP contribution in [0, 0.1) is 10.7 Å². The lowest BCUT2D eigenvalue weighted by molar-refractivity contribution is 1.33. The van der Waals surface area contributed by atoms with E-state index in [0.29, 0.717) is 0 Å². The third-order valence-corrected chi connectivity index (χ3v) is 2.32. The SMILES string of the molecule is N#CSCc1ccccc1.c1ccncc1. The fourth-order valence-electron chi connectivity index (χ4n) is 1.00. The Morgan fingerprint density at radius 3 is 2.06 bits per heavy atom. The van der Waals surface area contributed by atoms with Gasteiger partial charge in [0.05, 0.1) is 0 Å². The molecule has 2 aromatic rings. The van der Waals surface area contributed by atoms with Crippen molar-refractivity contribution in [3.05, 3.63) is 66.5 Å². The Bertz CT molecular complexity index is 382. The molecule has 0 atom stereocenters. The van der Waals surface area contributed by atoms with Crippen LogP contribution in [-0.4, -0.2) is 4.98 Å². The summed E-state index contributed by atoms with van der Waals surface area (Å²) in [7, 11) is 0. The minimum absolute atomic E-state index is 0.789. The number of nitriles is 1. The number of aromatic nitrogens is 1. The van der Waals surface area contributed by atoms with Crippen LogP contribution in [-0.2, 0) is 5.75 Å². The molecule has 0 saturated heterocycles. The molecule has 0 amide bonds. The van der Waals surface area contributed by atoms with Crippen molar-refractivity contribution in [2.24, 2.45) is 0 Å². The van der Waals surface area contributed by atoms with E-state index in [9.17, 15) is 0 Å². The van der Waals surface area contributed by atoms with Crippen molar-refractivity contribution in [2.45, 2.75) is 5.75 Å². The average molecular weight is 228 g/mol. The number of thioether (sulfide) groups is 1. The van der Waals surface area contributed by atoms with E-state index in [1.54, 1.807) is 12.4 Å². The maximum atomic E-state index is 8.24. The molecule has 80 valence electrons. The normalized spacial score (nSPS) is 8.44. The molecule has 1 aromatic carbocycles. The summed E-state index contributed by atoms with van der Waals surface area (Å²) in [5, 5.41) is 10.3. The van der Waals surface area contributed by atoms with E-state index in [1.807, 2.05) is 53.9 Å². The first-order valence-electron chi connectivity index (χ1n) is 4.83. The monoisotopic (exact) mass is 228 g/mol. The van der Waals surface area contributed by atoms with Crippen molar-refractivity contribution in [1.82, 2.24) is 4.98 Å². The van der Waals surface area contributed by atoms with Crippen LogP contribution in [0.1, 0.15) is 5.56 Å². The highest BCUT2D eigenvalue weighted by molar-refractivity contribution is 8.02. The largest absolute Gasteiger partial charge is 0.265 e. The topological polar surface area (TPSA) is 36.7 Å². The summed E-state index contributed by atoms with van der Waals surface area (Å²) in [6.07, 6.45) is 3.50. The van der Waals surface area contributed by atoms with E-state index in [0.717, 1.165) is 5.75 Å². The van der Waals surface area contributed by atoms with Gasteiger partial charge in [0, 0.05) is 18.1 Å². The molecule has 0 N–H and O–H groups in total. The van der Waals surface area contributed by atoms with Crippen LogP contribution >= 0.6 is 11.8 Å². The van der Waals surface area contributed by atoms with Gasteiger partial charge in [0.2, 0.25) is 0 Å². The number of thiocyanates is 1. The molecule has 3 heteroatoms. The number of pyridine rings is 1. The first-order chi connectivity index (χ1) is 7.93. The summed E-state index contributed by atoms with van der Waals surface area (Å²) in [5.74, 6) is 0.789. The molecule has 0 saturated carbocycles. The fourth-order valence-corrected chi connectivity index (χ4v) is 1.43. The first kappa shape index (κ1) is 12.3. The van der Waals surface area contributed by atoms with E-state index < -0.39 is 0 Å². The first-order valence-corrected chi connectivity index (χ1v) is 5.82. The quantitative estimate of drug-likeness (QED) is 0.738. The van der Waals surface area contributed by atoms with Gasteiger partial charge in [0.25, 0.3) is 0 Å². The molecule has 0 radical (unpaired) electrons. The van der Waals surface area contributed by atoms with Gasteiger partial charge in [-0.2, -0.15) is 5.26 Å². The van der Waals surface area contributed by atoms with Crippen LogP contribution in [0.25, 0.3) is 0 Å². The second-order valence-corrected chi connectivity index (χ2v) is 3.65. The highest BCUT2D eigenvalue weighted by Gasteiger charge is 1.88. The predicted molar refractivity (Wildman–Crippen MR) is 67.6 cm³/mol. The van der Waals surface area contributed by atoms with Gasteiger partial charge in [-0.05, 0) is 29.5 Å². The Balaban J connectivity index is 0.000000181. The van der Waals surface area contributed by atoms with Crippen LogP contribution in [0.3, 0.4) is 0 Å².